The van der Waals surface area contributed by atoms with Crippen molar-refractivity contribution in [1.82, 2.24) is 14.4 Å². The minimum atomic E-state index is 0.980. The van der Waals surface area contributed by atoms with Crippen LogP contribution in [0.2, 0.25) is 0 Å². The number of rotatable bonds is 0. The molecule has 1 N–H and O–H groups in total. The normalized spacial score (nSPS) is 12.0. The Labute approximate surface area is 114 Å². The van der Waals surface area contributed by atoms with Crippen molar-refractivity contribution in [3.63, 3.8) is 0 Å². The van der Waals surface area contributed by atoms with E-state index >= 15 is 0 Å². The van der Waals surface area contributed by atoms with Crippen LogP contribution in [0.15, 0.2) is 60.8 Å². The molecule has 0 unspecified atom stereocenters. The quantitative estimate of drug-likeness (QED) is 0.444. The second kappa shape index (κ2) is 3.39. The molecule has 0 aliphatic rings. The van der Waals surface area contributed by atoms with E-state index in [1.165, 1.54) is 16.3 Å². The molecular weight excluding hydrogens is 246 g/mol. The monoisotopic (exact) mass is 257 g/mol. The Balaban J connectivity index is 2.14. The van der Waals surface area contributed by atoms with Crippen molar-refractivity contribution >= 4 is 38.5 Å². The number of nitrogens with zero attached hydrogens (tertiary/aromatic N) is 2. The molecule has 3 aromatic heterocycles. The van der Waals surface area contributed by atoms with E-state index in [9.17, 15) is 0 Å². The molecule has 2 aromatic carbocycles. The van der Waals surface area contributed by atoms with Crippen molar-refractivity contribution in [1.29, 1.82) is 0 Å². The highest BCUT2D eigenvalue weighted by Crippen LogP contribution is 2.31. The molecule has 0 atom stereocenters. The van der Waals surface area contributed by atoms with E-state index in [2.05, 4.69) is 57.0 Å². The molecule has 94 valence electrons. The fourth-order valence-electron chi connectivity index (χ4n) is 3.06. The van der Waals surface area contributed by atoms with Crippen molar-refractivity contribution in [2.75, 3.05) is 0 Å². The molecule has 0 aliphatic heterocycles. The van der Waals surface area contributed by atoms with Gasteiger partial charge >= 0.3 is 0 Å². The first-order chi connectivity index (χ1) is 9.92. The molecule has 5 aromatic rings. The summed E-state index contributed by atoms with van der Waals surface area (Å²) in [4.78, 5) is 8.22. The molecule has 0 amide bonds. The van der Waals surface area contributed by atoms with Crippen molar-refractivity contribution in [3.8, 4) is 0 Å². The summed E-state index contributed by atoms with van der Waals surface area (Å²) in [6, 6.07) is 18.8. The maximum Gasteiger partial charge on any atom is 0.137 e. The minimum Gasteiger partial charge on any atom is -0.353 e. The lowest BCUT2D eigenvalue weighted by molar-refractivity contribution is 1.23. The Kier molecular flexibility index (Phi) is 1.70. The Morgan fingerprint density at radius 2 is 1.75 bits per heavy atom. The summed E-state index contributed by atoms with van der Waals surface area (Å²) in [5, 5.41) is 2.51. The lowest BCUT2D eigenvalue weighted by Crippen LogP contribution is -1.83. The van der Waals surface area contributed by atoms with Crippen LogP contribution in [0.4, 0.5) is 0 Å². The van der Waals surface area contributed by atoms with Gasteiger partial charge in [-0.25, -0.2) is 4.98 Å². The zero-order valence-corrected chi connectivity index (χ0v) is 10.7. The molecule has 0 bridgehead atoms. The Hall–Kier alpha value is -2.81. The molecule has 0 saturated heterocycles. The molecule has 3 heterocycles. The summed E-state index contributed by atoms with van der Waals surface area (Å²) >= 11 is 0. The van der Waals surface area contributed by atoms with Crippen molar-refractivity contribution < 1.29 is 0 Å². The van der Waals surface area contributed by atoms with E-state index in [1.807, 2.05) is 18.2 Å². The third-order valence-corrected chi connectivity index (χ3v) is 3.95. The Morgan fingerprint density at radius 3 is 2.75 bits per heavy atom. The number of aromatic amines is 1. The van der Waals surface area contributed by atoms with Crippen LogP contribution in [0.5, 0.6) is 0 Å². The first kappa shape index (κ1) is 10.0. The average molecular weight is 257 g/mol. The highest BCUT2D eigenvalue weighted by Gasteiger charge is 2.11. The lowest BCUT2D eigenvalue weighted by atomic mass is 10.1. The van der Waals surface area contributed by atoms with Gasteiger partial charge in [0.25, 0.3) is 0 Å². The number of imidazole rings is 1. The number of hydrogen-bond donors (Lipinski definition) is 1. The Morgan fingerprint density at radius 1 is 0.850 bits per heavy atom. The average Bonchev–Trinajstić information content (AvgIpc) is 3.04. The van der Waals surface area contributed by atoms with Gasteiger partial charge < -0.3 is 4.98 Å². The molecule has 20 heavy (non-hydrogen) atoms. The number of fused-ring (bicyclic) bond motifs is 7. The maximum absolute atomic E-state index is 4.68. The van der Waals surface area contributed by atoms with Crippen LogP contribution in [-0.2, 0) is 0 Å². The van der Waals surface area contributed by atoms with E-state index in [0.29, 0.717) is 0 Å². The summed E-state index contributed by atoms with van der Waals surface area (Å²) in [7, 11) is 0. The number of benzene rings is 2. The van der Waals surface area contributed by atoms with E-state index < -0.39 is 0 Å². The standard InChI is InChI=1S/C17H11N3/c1-2-6-13-11(5-1)12-8-9-14-17(16(12)19-13)20-10-4-3-7-15(20)18-14/h1-10,19H. The van der Waals surface area contributed by atoms with Gasteiger partial charge in [-0.1, -0.05) is 24.3 Å². The summed E-state index contributed by atoms with van der Waals surface area (Å²) in [6.45, 7) is 0. The molecular formula is C17H11N3. The van der Waals surface area contributed by atoms with E-state index in [0.717, 1.165) is 22.2 Å². The predicted molar refractivity (Wildman–Crippen MR) is 82.1 cm³/mol. The van der Waals surface area contributed by atoms with Gasteiger partial charge in [-0.05, 0) is 30.3 Å². The number of hydrogen-bond acceptors (Lipinski definition) is 1. The van der Waals surface area contributed by atoms with E-state index in [1.54, 1.807) is 0 Å². The fraction of sp³-hybridized carbons (Fsp3) is 0. The van der Waals surface area contributed by atoms with Crippen LogP contribution in [0, 0.1) is 0 Å². The first-order valence-corrected chi connectivity index (χ1v) is 6.68. The largest absolute Gasteiger partial charge is 0.353 e. The molecule has 0 saturated carbocycles. The topological polar surface area (TPSA) is 33.1 Å². The Bertz CT molecular complexity index is 1100. The van der Waals surface area contributed by atoms with Gasteiger partial charge in [0.15, 0.2) is 0 Å². The van der Waals surface area contributed by atoms with Gasteiger partial charge in [-0.3, -0.25) is 4.40 Å². The summed E-state index contributed by atoms with van der Waals surface area (Å²) in [5.41, 5.74) is 5.47. The SMILES string of the molecule is c1ccc2c(c1)[nH]c1c2ccc2nc3ccccn3c21. The minimum absolute atomic E-state index is 0.980. The van der Waals surface area contributed by atoms with Crippen molar-refractivity contribution in [2.45, 2.75) is 0 Å². The smallest absolute Gasteiger partial charge is 0.137 e. The predicted octanol–water partition coefficient (Wildman–Crippen LogP) is 4.12. The highest BCUT2D eigenvalue weighted by atomic mass is 15.0. The van der Waals surface area contributed by atoms with Crippen LogP contribution in [-0.4, -0.2) is 14.4 Å². The second-order valence-electron chi connectivity index (χ2n) is 5.07. The molecule has 0 spiro atoms. The molecule has 3 nitrogen and oxygen atoms in total. The van der Waals surface area contributed by atoms with E-state index in [4.69, 9.17) is 0 Å². The van der Waals surface area contributed by atoms with Gasteiger partial charge in [0.1, 0.15) is 5.65 Å². The lowest BCUT2D eigenvalue weighted by Gasteiger charge is -1.96. The zero-order chi connectivity index (χ0) is 13.1. The molecule has 5 rings (SSSR count). The maximum atomic E-state index is 4.68. The highest BCUT2D eigenvalue weighted by molar-refractivity contribution is 6.15. The second-order valence-corrected chi connectivity index (χ2v) is 5.07. The van der Waals surface area contributed by atoms with Crippen LogP contribution in [0.1, 0.15) is 0 Å². The molecule has 0 aliphatic carbocycles. The number of para-hydroxylation sites is 1. The van der Waals surface area contributed by atoms with Gasteiger partial charge in [0.2, 0.25) is 0 Å². The van der Waals surface area contributed by atoms with E-state index in [-0.39, 0.29) is 0 Å². The summed E-state index contributed by atoms with van der Waals surface area (Å²) in [5.74, 6) is 0. The number of pyridine rings is 1. The third kappa shape index (κ3) is 1.12. The zero-order valence-electron chi connectivity index (χ0n) is 10.7. The van der Waals surface area contributed by atoms with Crippen LogP contribution in [0.25, 0.3) is 38.5 Å². The van der Waals surface area contributed by atoms with Crippen LogP contribution >= 0.6 is 0 Å². The third-order valence-electron chi connectivity index (χ3n) is 3.95. The number of aromatic nitrogens is 3. The summed E-state index contributed by atoms with van der Waals surface area (Å²) in [6.07, 6.45) is 2.07. The van der Waals surface area contributed by atoms with Crippen LogP contribution < -0.4 is 0 Å². The molecule has 3 heteroatoms. The molecule has 0 radical (unpaired) electrons. The van der Waals surface area contributed by atoms with Gasteiger partial charge in [-0.15, -0.1) is 0 Å². The van der Waals surface area contributed by atoms with Crippen molar-refractivity contribution in [3.05, 3.63) is 60.8 Å². The van der Waals surface area contributed by atoms with Gasteiger partial charge in [-0.2, -0.15) is 0 Å². The van der Waals surface area contributed by atoms with Crippen molar-refractivity contribution in [2.24, 2.45) is 0 Å². The van der Waals surface area contributed by atoms with Gasteiger partial charge in [0.05, 0.1) is 16.6 Å². The van der Waals surface area contributed by atoms with Crippen LogP contribution in [0.3, 0.4) is 0 Å². The van der Waals surface area contributed by atoms with Gasteiger partial charge in [0, 0.05) is 22.5 Å². The first-order valence-electron chi connectivity index (χ1n) is 6.68. The number of H-pyrrole nitrogens is 1. The fourth-order valence-corrected chi connectivity index (χ4v) is 3.06. The number of nitrogens with one attached hydrogen (secondary N) is 1. The molecule has 0 fully saturated rings. The summed E-state index contributed by atoms with van der Waals surface area (Å²) < 4.78 is 2.15.